The summed E-state index contributed by atoms with van der Waals surface area (Å²) >= 11 is 3.47. The number of nitrogens with two attached hydrogens (primary N) is 1. The zero-order chi connectivity index (χ0) is 11.8. The lowest BCUT2D eigenvalue weighted by atomic mass is 10.1. The SMILES string of the molecule is Nc1ccc2c(c1)CN(c1ncncc1Br)C2. The van der Waals surface area contributed by atoms with Crippen molar-refractivity contribution in [3.05, 3.63) is 46.3 Å². The molecule has 0 saturated heterocycles. The maximum Gasteiger partial charge on any atom is 0.146 e. The molecule has 3 rings (SSSR count). The molecule has 0 amide bonds. The van der Waals surface area contributed by atoms with E-state index in [0.29, 0.717) is 0 Å². The molecular weight excluding hydrogens is 280 g/mol. The van der Waals surface area contributed by atoms with Crippen LogP contribution in [-0.4, -0.2) is 9.97 Å². The number of hydrogen-bond donors (Lipinski definition) is 1. The van der Waals surface area contributed by atoms with E-state index in [1.807, 2.05) is 12.1 Å². The van der Waals surface area contributed by atoms with Crippen molar-refractivity contribution < 1.29 is 0 Å². The van der Waals surface area contributed by atoms with Gasteiger partial charge in [-0.3, -0.25) is 0 Å². The molecule has 17 heavy (non-hydrogen) atoms. The van der Waals surface area contributed by atoms with Crippen molar-refractivity contribution in [2.24, 2.45) is 0 Å². The second-order valence-corrected chi connectivity index (χ2v) is 4.93. The summed E-state index contributed by atoms with van der Waals surface area (Å²) < 4.78 is 0.917. The monoisotopic (exact) mass is 290 g/mol. The summed E-state index contributed by atoms with van der Waals surface area (Å²) in [5.41, 5.74) is 9.19. The van der Waals surface area contributed by atoms with Crippen LogP contribution in [-0.2, 0) is 13.1 Å². The number of anilines is 2. The third-order valence-corrected chi connectivity index (χ3v) is 3.46. The Bertz CT molecular complexity index is 570. The summed E-state index contributed by atoms with van der Waals surface area (Å²) in [6.07, 6.45) is 3.33. The predicted molar refractivity (Wildman–Crippen MR) is 70.5 cm³/mol. The van der Waals surface area contributed by atoms with Crippen LogP contribution in [0.2, 0.25) is 0 Å². The highest BCUT2D eigenvalue weighted by Crippen LogP contribution is 2.31. The third-order valence-electron chi connectivity index (χ3n) is 2.90. The Kier molecular flexibility index (Phi) is 2.48. The van der Waals surface area contributed by atoms with Crippen LogP contribution >= 0.6 is 15.9 Å². The van der Waals surface area contributed by atoms with E-state index in [-0.39, 0.29) is 0 Å². The zero-order valence-corrected chi connectivity index (χ0v) is 10.7. The van der Waals surface area contributed by atoms with Crippen molar-refractivity contribution in [2.75, 3.05) is 10.6 Å². The number of nitrogens with zero attached hydrogens (tertiary/aromatic N) is 3. The number of nitrogen functional groups attached to an aromatic ring is 1. The largest absolute Gasteiger partial charge is 0.399 e. The van der Waals surface area contributed by atoms with E-state index >= 15 is 0 Å². The van der Waals surface area contributed by atoms with Crippen LogP contribution in [0.25, 0.3) is 0 Å². The van der Waals surface area contributed by atoms with Crippen LogP contribution in [0.15, 0.2) is 35.2 Å². The van der Waals surface area contributed by atoms with Gasteiger partial charge in [0.1, 0.15) is 12.1 Å². The fourth-order valence-corrected chi connectivity index (χ4v) is 2.57. The van der Waals surface area contributed by atoms with Crippen molar-refractivity contribution in [3.8, 4) is 0 Å². The van der Waals surface area contributed by atoms with Crippen LogP contribution in [0.3, 0.4) is 0 Å². The van der Waals surface area contributed by atoms with E-state index < -0.39 is 0 Å². The smallest absolute Gasteiger partial charge is 0.146 e. The van der Waals surface area contributed by atoms with Gasteiger partial charge in [-0.1, -0.05) is 6.07 Å². The molecule has 0 saturated carbocycles. The highest BCUT2D eigenvalue weighted by molar-refractivity contribution is 9.10. The third kappa shape index (κ3) is 1.86. The average molecular weight is 291 g/mol. The van der Waals surface area contributed by atoms with Crippen molar-refractivity contribution in [1.82, 2.24) is 9.97 Å². The Morgan fingerprint density at radius 3 is 2.88 bits per heavy atom. The lowest BCUT2D eigenvalue weighted by molar-refractivity contribution is 0.847. The van der Waals surface area contributed by atoms with Crippen LogP contribution in [0.5, 0.6) is 0 Å². The Hall–Kier alpha value is -1.62. The van der Waals surface area contributed by atoms with E-state index in [1.165, 1.54) is 11.1 Å². The number of fused-ring (bicyclic) bond motifs is 1. The highest BCUT2D eigenvalue weighted by Gasteiger charge is 2.21. The number of hydrogen-bond acceptors (Lipinski definition) is 4. The first kappa shape index (κ1) is 10.5. The first-order valence-corrected chi connectivity index (χ1v) is 6.11. The van der Waals surface area contributed by atoms with E-state index in [2.05, 4.69) is 36.9 Å². The van der Waals surface area contributed by atoms with Gasteiger partial charge in [0.25, 0.3) is 0 Å². The van der Waals surface area contributed by atoms with Gasteiger partial charge in [-0.2, -0.15) is 0 Å². The van der Waals surface area contributed by atoms with E-state index in [9.17, 15) is 0 Å². The minimum absolute atomic E-state index is 0.812. The van der Waals surface area contributed by atoms with Crippen LogP contribution in [0.4, 0.5) is 11.5 Å². The van der Waals surface area contributed by atoms with Gasteiger partial charge < -0.3 is 10.6 Å². The molecule has 1 aliphatic rings. The van der Waals surface area contributed by atoms with Gasteiger partial charge in [0, 0.05) is 25.0 Å². The topological polar surface area (TPSA) is 55.0 Å². The van der Waals surface area contributed by atoms with Crippen molar-refractivity contribution in [1.29, 1.82) is 0 Å². The van der Waals surface area contributed by atoms with Crippen molar-refractivity contribution in [2.45, 2.75) is 13.1 Å². The second kappa shape index (κ2) is 4.00. The van der Waals surface area contributed by atoms with Gasteiger partial charge in [-0.05, 0) is 39.2 Å². The molecule has 86 valence electrons. The summed E-state index contributed by atoms with van der Waals surface area (Å²) in [6.45, 7) is 1.71. The predicted octanol–water partition coefficient (Wildman–Crippen LogP) is 2.34. The molecule has 2 N–H and O–H groups in total. The normalized spacial score (nSPS) is 13.8. The Labute approximate surface area is 108 Å². The lowest BCUT2D eigenvalue weighted by Crippen LogP contribution is -2.16. The molecule has 0 unspecified atom stereocenters. The first-order chi connectivity index (χ1) is 8.24. The lowest BCUT2D eigenvalue weighted by Gasteiger charge is -2.17. The number of rotatable bonds is 1. The summed E-state index contributed by atoms with van der Waals surface area (Å²) in [6, 6.07) is 6.06. The second-order valence-electron chi connectivity index (χ2n) is 4.08. The van der Waals surface area contributed by atoms with Gasteiger partial charge >= 0.3 is 0 Å². The Balaban J connectivity index is 1.94. The van der Waals surface area contributed by atoms with Gasteiger partial charge in [-0.25, -0.2) is 9.97 Å². The van der Waals surface area contributed by atoms with Gasteiger partial charge in [0.15, 0.2) is 0 Å². The molecule has 0 aliphatic carbocycles. The average Bonchev–Trinajstić information content (AvgIpc) is 2.72. The van der Waals surface area contributed by atoms with Crippen molar-refractivity contribution >= 4 is 27.4 Å². The standard InChI is InChI=1S/C12H11BrN4/c13-11-4-15-7-16-12(11)17-5-8-1-2-10(14)3-9(8)6-17/h1-4,7H,5-6,14H2. The van der Waals surface area contributed by atoms with E-state index in [1.54, 1.807) is 12.5 Å². The molecule has 0 fully saturated rings. The molecular formula is C12H11BrN4. The molecule has 4 nitrogen and oxygen atoms in total. The van der Waals surface area contributed by atoms with E-state index in [4.69, 9.17) is 5.73 Å². The number of benzene rings is 1. The fraction of sp³-hybridized carbons (Fsp3) is 0.167. The summed E-state index contributed by atoms with van der Waals surface area (Å²) in [5, 5.41) is 0. The fourth-order valence-electron chi connectivity index (χ4n) is 2.10. The molecule has 0 bridgehead atoms. The molecule has 0 spiro atoms. The Morgan fingerprint density at radius 1 is 1.24 bits per heavy atom. The molecule has 0 radical (unpaired) electrons. The first-order valence-electron chi connectivity index (χ1n) is 5.32. The van der Waals surface area contributed by atoms with Crippen LogP contribution in [0.1, 0.15) is 11.1 Å². The minimum Gasteiger partial charge on any atom is -0.399 e. The summed E-state index contributed by atoms with van der Waals surface area (Å²) in [5.74, 6) is 0.926. The summed E-state index contributed by atoms with van der Waals surface area (Å²) in [7, 11) is 0. The van der Waals surface area contributed by atoms with Gasteiger partial charge in [0.2, 0.25) is 0 Å². The molecule has 5 heteroatoms. The van der Waals surface area contributed by atoms with Crippen LogP contribution in [0, 0.1) is 0 Å². The summed E-state index contributed by atoms with van der Waals surface area (Å²) in [4.78, 5) is 10.5. The Morgan fingerprint density at radius 2 is 2.06 bits per heavy atom. The molecule has 0 atom stereocenters. The highest BCUT2D eigenvalue weighted by atomic mass is 79.9. The van der Waals surface area contributed by atoms with Gasteiger partial charge in [-0.15, -0.1) is 0 Å². The number of aromatic nitrogens is 2. The zero-order valence-electron chi connectivity index (χ0n) is 9.10. The van der Waals surface area contributed by atoms with E-state index in [0.717, 1.165) is 29.1 Å². The molecule has 1 aromatic heterocycles. The van der Waals surface area contributed by atoms with Crippen LogP contribution < -0.4 is 10.6 Å². The number of halogens is 1. The molecule has 2 heterocycles. The quantitative estimate of drug-likeness (QED) is 0.819. The molecule has 1 aromatic carbocycles. The maximum atomic E-state index is 5.79. The maximum absolute atomic E-state index is 5.79. The molecule has 1 aliphatic heterocycles. The minimum atomic E-state index is 0.812. The van der Waals surface area contributed by atoms with Crippen molar-refractivity contribution in [3.63, 3.8) is 0 Å². The van der Waals surface area contributed by atoms with Gasteiger partial charge in [0.05, 0.1) is 4.47 Å². The molecule has 2 aromatic rings.